The third kappa shape index (κ3) is 5.35. The van der Waals surface area contributed by atoms with Crippen LogP contribution < -0.4 is 20.1 Å². The fraction of sp³-hybridized carbons (Fsp3) is 0.368. The molecule has 1 heterocycles. The van der Waals surface area contributed by atoms with Crippen LogP contribution in [-0.4, -0.2) is 57.2 Å². The summed E-state index contributed by atoms with van der Waals surface area (Å²) in [7, 11) is 7.13. The molecule has 140 valence electrons. The molecule has 0 atom stereocenters. The summed E-state index contributed by atoms with van der Waals surface area (Å²) < 4.78 is 10.5. The monoisotopic (exact) mass is 358 g/mol. The van der Waals surface area contributed by atoms with E-state index in [-0.39, 0.29) is 5.91 Å². The molecule has 0 saturated carbocycles. The number of nitrogens with one attached hydrogen (secondary N) is 2. The number of nitrogens with zero attached hydrogens (tertiary/aromatic N) is 2. The van der Waals surface area contributed by atoms with Crippen molar-refractivity contribution in [1.29, 1.82) is 0 Å². The van der Waals surface area contributed by atoms with Crippen LogP contribution in [0.4, 0.5) is 11.5 Å². The van der Waals surface area contributed by atoms with E-state index in [4.69, 9.17) is 9.47 Å². The highest BCUT2D eigenvalue weighted by atomic mass is 16.5. The van der Waals surface area contributed by atoms with E-state index in [1.54, 1.807) is 30.5 Å². The molecule has 0 aliphatic rings. The Labute approximate surface area is 154 Å². The maximum absolute atomic E-state index is 12.6. The Bertz CT molecular complexity index is 695. The topological polar surface area (TPSA) is 75.7 Å². The Kier molecular flexibility index (Phi) is 7.23. The summed E-state index contributed by atoms with van der Waals surface area (Å²) in [5.74, 6) is 1.02. The number of aromatic nitrogens is 1. The number of hydrogen-bond donors (Lipinski definition) is 2. The number of amides is 1. The lowest BCUT2D eigenvalue weighted by atomic mass is 10.1. The van der Waals surface area contributed by atoms with Crippen LogP contribution in [0.5, 0.6) is 11.5 Å². The normalized spacial score (nSPS) is 10.5. The number of rotatable bonds is 9. The number of carbonyl (C=O) groups excluding carboxylic acids is 1. The Morgan fingerprint density at radius 1 is 1.12 bits per heavy atom. The van der Waals surface area contributed by atoms with Gasteiger partial charge in [0.2, 0.25) is 0 Å². The van der Waals surface area contributed by atoms with Crippen LogP contribution in [0.2, 0.25) is 0 Å². The lowest BCUT2D eigenvalue weighted by Gasteiger charge is -2.13. The second-order valence-electron chi connectivity index (χ2n) is 6.01. The van der Waals surface area contributed by atoms with E-state index in [0.29, 0.717) is 22.9 Å². The summed E-state index contributed by atoms with van der Waals surface area (Å²) in [5, 5.41) is 6.08. The Morgan fingerprint density at radius 3 is 2.35 bits per heavy atom. The predicted molar refractivity (Wildman–Crippen MR) is 103 cm³/mol. The molecule has 0 fully saturated rings. The third-order valence-corrected chi connectivity index (χ3v) is 3.77. The predicted octanol–water partition coefficient (Wildman–Crippen LogP) is 2.71. The zero-order valence-corrected chi connectivity index (χ0v) is 15.7. The lowest BCUT2D eigenvalue weighted by Crippen LogP contribution is -2.17. The van der Waals surface area contributed by atoms with E-state index < -0.39 is 0 Å². The molecular formula is C19H26N4O3. The SMILES string of the molecule is COc1cccc(OC)c1C(=O)Nc1ccc(NCCCN(C)C)cn1. The summed E-state index contributed by atoms with van der Waals surface area (Å²) in [6.07, 6.45) is 2.74. The Balaban J connectivity index is 2.00. The molecule has 0 aliphatic heterocycles. The quantitative estimate of drug-likeness (QED) is 0.671. The lowest BCUT2D eigenvalue weighted by molar-refractivity contribution is 0.102. The van der Waals surface area contributed by atoms with Crippen molar-refractivity contribution in [3.63, 3.8) is 0 Å². The van der Waals surface area contributed by atoms with Gasteiger partial charge in [-0.15, -0.1) is 0 Å². The van der Waals surface area contributed by atoms with Gasteiger partial charge in [0, 0.05) is 6.54 Å². The van der Waals surface area contributed by atoms with Crippen molar-refractivity contribution in [3.05, 3.63) is 42.1 Å². The van der Waals surface area contributed by atoms with Gasteiger partial charge in [-0.1, -0.05) is 6.07 Å². The van der Waals surface area contributed by atoms with E-state index in [0.717, 1.165) is 25.2 Å². The fourth-order valence-electron chi connectivity index (χ4n) is 2.45. The van der Waals surface area contributed by atoms with Crippen LogP contribution in [0, 0.1) is 0 Å². The number of anilines is 2. The molecule has 0 radical (unpaired) electrons. The van der Waals surface area contributed by atoms with Gasteiger partial charge < -0.3 is 25.0 Å². The van der Waals surface area contributed by atoms with E-state index in [2.05, 4.69) is 34.6 Å². The first-order valence-electron chi connectivity index (χ1n) is 8.42. The number of ether oxygens (including phenoxy) is 2. The number of hydrogen-bond acceptors (Lipinski definition) is 6. The largest absolute Gasteiger partial charge is 0.496 e. The minimum absolute atomic E-state index is 0.335. The number of benzene rings is 1. The van der Waals surface area contributed by atoms with E-state index in [1.807, 2.05) is 6.07 Å². The van der Waals surface area contributed by atoms with E-state index in [1.165, 1.54) is 14.2 Å². The average molecular weight is 358 g/mol. The maximum Gasteiger partial charge on any atom is 0.264 e. The number of methoxy groups -OCH3 is 2. The molecule has 2 rings (SSSR count). The fourth-order valence-corrected chi connectivity index (χ4v) is 2.45. The zero-order chi connectivity index (χ0) is 18.9. The molecule has 0 bridgehead atoms. The molecule has 0 saturated heterocycles. The molecule has 1 amide bonds. The van der Waals surface area contributed by atoms with Crippen molar-refractivity contribution in [2.75, 3.05) is 52.0 Å². The van der Waals surface area contributed by atoms with Crippen molar-refractivity contribution in [1.82, 2.24) is 9.88 Å². The van der Waals surface area contributed by atoms with Gasteiger partial charge in [-0.2, -0.15) is 0 Å². The van der Waals surface area contributed by atoms with Crippen molar-refractivity contribution in [2.45, 2.75) is 6.42 Å². The van der Waals surface area contributed by atoms with Gasteiger partial charge in [0.15, 0.2) is 0 Å². The van der Waals surface area contributed by atoms with Crippen LogP contribution in [-0.2, 0) is 0 Å². The molecule has 0 aliphatic carbocycles. The molecule has 2 N–H and O–H groups in total. The molecule has 0 unspecified atom stereocenters. The van der Waals surface area contributed by atoms with E-state index >= 15 is 0 Å². The van der Waals surface area contributed by atoms with Gasteiger partial charge in [0.05, 0.1) is 26.1 Å². The van der Waals surface area contributed by atoms with Crippen molar-refractivity contribution < 1.29 is 14.3 Å². The second kappa shape index (κ2) is 9.62. The number of pyridine rings is 1. The van der Waals surface area contributed by atoms with Gasteiger partial charge in [-0.25, -0.2) is 4.98 Å². The first-order valence-corrected chi connectivity index (χ1v) is 8.42. The first kappa shape index (κ1) is 19.5. The molecule has 1 aromatic heterocycles. The smallest absolute Gasteiger partial charge is 0.264 e. The van der Waals surface area contributed by atoms with Crippen LogP contribution in [0.1, 0.15) is 16.8 Å². The zero-order valence-electron chi connectivity index (χ0n) is 15.7. The van der Waals surface area contributed by atoms with Gasteiger partial charge in [0.25, 0.3) is 5.91 Å². The van der Waals surface area contributed by atoms with Gasteiger partial charge in [0.1, 0.15) is 22.9 Å². The molecule has 7 nitrogen and oxygen atoms in total. The van der Waals surface area contributed by atoms with Crippen LogP contribution >= 0.6 is 0 Å². The highest BCUT2D eigenvalue weighted by Gasteiger charge is 2.18. The summed E-state index contributed by atoms with van der Waals surface area (Å²) in [5.41, 5.74) is 1.25. The van der Waals surface area contributed by atoms with Crippen LogP contribution in [0.3, 0.4) is 0 Å². The molecule has 0 spiro atoms. The van der Waals surface area contributed by atoms with Gasteiger partial charge in [-0.05, 0) is 51.3 Å². The second-order valence-corrected chi connectivity index (χ2v) is 6.01. The molecule has 26 heavy (non-hydrogen) atoms. The van der Waals surface area contributed by atoms with Gasteiger partial charge >= 0.3 is 0 Å². The molecule has 1 aromatic carbocycles. The Morgan fingerprint density at radius 2 is 1.81 bits per heavy atom. The standard InChI is InChI=1S/C19H26N4O3/c1-23(2)12-6-11-20-14-9-10-17(21-13-14)22-19(24)18-15(25-3)7-5-8-16(18)26-4/h5,7-10,13,20H,6,11-12H2,1-4H3,(H,21,22,24). The molecule has 7 heteroatoms. The highest BCUT2D eigenvalue weighted by molar-refractivity contribution is 6.07. The van der Waals surface area contributed by atoms with Crippen molar-refractivity contribution in [3.8, 4) is 11.5 Å². The van der Waals surface area contributed by atoms with Crippen molar-refractivity contribution >= 4 is 17.4 Å². The first-order chi connectivity index (χ1) is 12.5. The maximum atomic E-state index is 12.6. The summed E-state index contributed by atoms with van der Waals surface area (Å²) in [6, 6.07) is 8.84. The minimum Gasteiger partial charge on any atom is -0.496 e. The average Bonchev–Trinajstić information content (AvgIpc) is 2.65. The summed E-state index contributed by atoms with van der Waals surface area (Å²) in [6.45, 7) is 1.89. The molecule has 2 aromatic rings. The summed E-state index contributed by atoms with van der Waals surface area (Å²) in [4.78, 5) is 19.0. The van der Waals surface area contributed by atoms with Crippen LogP contribution in [0.15, 0.2) is 36.5 Å². The Hall–Kier alpha value is -2.80. The number of carbonyl (C=O) groups is 1. The summed E-state index contributed by atoms with van der Waals surface area (Å²) >= 11 is 0. The van der Waals surface area contributed by atoms with Crippen molar-refractivity contribution in [2.24, 2.45) is 0 Å². The molecular weight excluding hydrogens is 332 g/mol. The highest BCUT2D eigenvalue weighted by Crippen LogP contribution is 2.28. The minimum atomic E-state index is -0.335. The third-order valence-electron chi connectivity index (χ3n) is 3.77. The van der Waals surface area contributed by atoms with Crippen LogP contribution in [0.25, 0.3) is 0 Å². The van der Waals surface area contributed by atoms with E-state index in [9.17, 15) is 4.79 Å². The van der Waals surface area contributed by atoms with Gasteiger partial charge in [-0.3, -0.25) is 4.79 Å².